The molecule has 1 saturated carbocycles. The Morgan fingerprint density at radius 1 is 1.23 bits per heavy atom. The van der Waals surface area contributed by atoms with Gasteiger partial charge in [0.25, 0.3) is 0 Å². The van der Waals surface area contributed by atoms with Gasteiger partial charge in [-0.3, -0.25) is 9.69 Å². The lowest BCUT2D eigenvalue weighted by atomic mass is 10.0. The Morgan fingerprint density at radius 3 is 2.73 bits per heavy atom. The first-order chi connectivity index (χ1) is 14.7. The van der Waals surface area contributed by atoms with E-state index in [1.807, 2.05) is 57.4 Å². The number of benzene rings is 1. The molecule has 7 heteroatoms. The zero-order chi connectivity index (χ0) is 20.8. The van der Waals surface area contributed by atoms with Gasteiger partial charge in [0.15, 0.2) is 0 Å². The first kappa shape index (κ1) is 20.8. The Kier molecular flexibility index (Phi) is 6.94. The fourth-order valence-electron chi connectivity index (χ4n) is 4.06. The molecule has 6 nitrogen and oxygen atoms in total. The molecular formula is C23H28N4O2S. The molecule has 0 spiro atoms. The zero-order valence-corrected chi connectivity index (χ0v) is 17.9. The lowest BCUT2D eigenvalue weighted by molar-refractivity contribution is -0.117. The van der Waals surface area contributed by atoms with Gasteiger partial charge in [-0.15, -0.1) is 0 Å². The number of carbonyl (C=O) groups is 1. The van der Waals surface area contributed by atoms with E-state index in [1.54, 1.807) is 11.3 Å². The third-order valence-electron chi connectivity index (χ3n) is 5.54. The van der Waals surface area contributed by atoms with Crippen molar-refractivity contribution >= 4 is 23.1 Å². The molecule has 1 aliphatic carbocycles. The van der Waals surface area contributed by atoms with Gasteiger partial charge in [-0.05, 0) is 47.4 Å². The van der Waals surface area contributed by atoms with Gasteiger partial charge >= 0.3 is 0 Å². The number of hydrogen-bond acceptors (Lipinski definition) is 5. The van der Waals surface area contributed by atoms with Crippen LogP contribution in [0.5, 0.6) is 0 Å². The molecule has 0 bridgehead atoms. The third kappa shape index (κ3) is 5.16. The fraction of sp³-hybridized carbons (Fsp3) is 0.391. The Morgan fingerprint density at radius 2 is 2.03 bits per heavy atom. The van der Waals surface area contributed by atoms with Crippen molar-refractivity contribution in [2.75, 3.05) is 25.0 Å². The fourth-order valence-corrected chi connectivity index (χ4v) is 4.72. The number of thiophene rings is 1. The maximum absolute atomic E-state index is 12.9. The summed E-state index contributed by atoms with van der Waals surface area (Å²) >= 11 is 1.63. The molecule has 1 amide bonds. The number of nitrogens with one attached hydrogen (secondary N) is 1. The molecule has 30 heavy (non-hydrogen) atoms. The molecular weight excluding hydrogens is 396 g/mol. The van der Waals surface area contributed by atoms with Crippen molar-refractivity contribution in [1.82, 2.24) is 14.7 Å². The second-order valence-corrected chi connectivity index (χ2v) is 8.58. The summed E-state index contributed by atoms with van der Waals surface area (Å²) in [5, 5.41) is 21.4. The monoisotopic (exact) mass is 424 g/mol. The van der Waals surface area contributed by atoms with E-state index in [2.05, 4.69) is 10.7 Å². The van der Waals surface area contributed by atoms with Crippen LogP contribution >= 0.6 is 11.3 Å². The number of hydrogen-bond donors (Lipinski definition) is 2. The molecule has 0 radical (unpaired) electrons. The number of aromatic nitrogens is 2. The van der Waals surface area contributed by atoms with Crippen LogP contribution in [0.3, 0.4) is 0 Å². The van der Waals surface area contributed by atoms with Crippen LogP contribution < -0.4 is 5.32 Å². The van der Waals surface area contributed by atoms with Crippen LogP contribution in [0.2, 0.25) is 0 Å². The van der Waals surface area contributed by atoms with Crippen molar-refractivity contribution in [2.24, 2.45) is 0 Å². The van der Waals surface area contributed by atoms with Crippen LogP contribution in [-0.4, -0.2) is 45.4 Å². The molecule has 0 aliphatic heterocycles. The lowest BCUT2D eigenvalue weighted by Crippen LogP contribution is -2.35. The van der Waals surface area contributed by atoms with Gasteiger partial charge in [-0.2, -0.15) is 16.4 Å². The molecule has 2 aromatic heterocycles. The van der Waals surface area contributed by atoms with Crippen LogP contribution in [0.4, 0.5) is 5.82 Å². The Hall–Kier alpha value is -2.48. The maximum atomic E-state index is 12.9. The second kappa shape index (κ2) is 10.0. The average Bonchev–Trinajstić information content (AvgIpc) is 3.51. The highest BCUT2D eigenvalue weighted by Crippen LogP contribution is 2.35. The second-order valence-electron chi connectivity index (χ2n) is 7.80. The first-order valence-corrected chi connectivity index (χ1v) is 11.5. The molecule has 0 unspecified atom stereocenters. The van der Waals surface area contributed by atoms with Gasteiger partial charge in [-0.25, -0.2) is 4.68 Å². The molecule has 1 fully saturated rings. The SMILES string of the molecule is O=C(CN(CCO)Cc1ccsc1)Nc1cc(C2CCCC2)nn1-c1ccccc1. The predicted molar refractivity (Wildman–Crippen MR) is 120 cm³/mol. The first-order valence-electron chi connectivity index (χ1n) is 10.5. The molecule has 3 aromatic rings. The molecule has 4 rings (SSSR count). The summed E-state index contributed by atoms with van der Waals surface area (Å²) in [6, 6.07) is 14.0. The highest BCUT2D eigenvalue weighted by Gasteiger charge is 2.23. The number of carbonyl (C=O) groups excluding carboxylic acids is 1. The quantitative estimate of drug-likeness (QED) is 0.544. The number of nitrogens with zero attached hydrogens (tertiary/aromatic N) is 3. The van der Waals surface area contributed by atoms with E-state index >= 15 is 0 Å². The Balaban J connectivity index is 1.51. The molecule has 158 valence electrons. The van der Waals surface area contributed by atoms with Gasteiger partial charge in [-0.1, -0.05) is 31.0 Å². The van der Waals surface area contributed by atoms with Crippen LogP contribution in [0.25, 0.3) is 5.69 Å². The van der Waals surface area contributed by atoms with E-state index in [1.165, 1.54) is 12.8 Å². The minimum absolute atomic E-state index is 0.0190. The van der Waals surface area contributed by atoms with E-state index in [4.69, 9.17) is 5.10 Å². The number of anilines is 1. The molecule has 0 saturated heterocycles. The lowest BCUT2D eigenvalue weighted by Gasteiger charge is -2.20. The summed E-state index contributed by atoms with van der Waals surface area (Å²) in [6.07, 6.45) is 4.79. The number of amides is 1. The van der Waals surface area contributed by atoms with E-state index in [9.17, 15) is 9.90 Å². The normalized spacial score (nSPS) is 14.5. The van der Waals surface area contributed by atoms with Crippen molar-refractivity contribution in [1.29, 1.82) is 0 Å². The third-order valence-corrected chi connectivity index (χ3v) is 6.27. The average molecular weight is 425 g/mol. The molecule has 2 N–H and O–H groups in total. The van der Waals surface area contributed by atoms with Gasteiger partial charge in [0.2, 0.25) is 5.91 Å². The smallest absolute Gasteiger partial charge is 0.239 e. The number of para-hydroxylation sites is 1. The largest absolute Gasteiger partial charge is 0.395 e. The summed E-state index contributed by atoms with van der Waals surface area (Å²) in [5.41, 5.74) is 3.14. The highest BCUT2D eigenvalue weighted by atomic mass is 32.1. The molecule has 1 aliphatic rings. The minimum atomic E-state index is -0.103. The topological polar surface area (TPSA) is 70.4 Å². The predicted octanol–water partition coefficient (Wildman–Crippen LogP) is 4.02. The van der Waals surface area contributed by atoms with Crippen molar-refractivity contribution in [2.45, 2.75) is 38.1 Å². The van der Waals surface area contributed by atoms with Gasteiger partial charge in [0, 0.05) is 25.1 Å². The molecule has 0 atom stereocenters. The van der Waals surface area contributed by atoms with Crippen LogP contribution in [0, 0.1) is 0 Å². The number of rotatable bonds is 9. The van der Waals surface area contributed by atoms with Crippen molar-refractivity contribution in [3.8, 4) is 5.69 Å². The Bertz CT molecular complexity index is 934. The van der Waals surface area contributed by atoms with Crippen LogP contribution in [0.1, 0.15) is 42.9 Å². The van der Waals surface area contributed by atoms with Gasteiger partial charge < -0.3 is 10.4 Å². The van der Waals surface area contributed by atoms with Crippen molar-refractivity contribution < 1.29 is 9.90 Å². The van der Waals surface area contributed by atoms with E-state index in [-0.39, 0.29) is 19.1 Å². The van der Waals surface area contributed by atoms with Gasteiger partial charge in [0.05, 0.1) is 24.5 Å². The van der Waals surface area contributed by atoms with E-state index < -0.39 is 0 Å². The van der Waals surface area contributed by atoms with E-state index in [0.717, 1.165) is 29.8 Å². The summed E-state index contributed by atoms with van der Waals surface area (Å²) in [7, 11) is 0. The van der Waals surface area contributed by atoms with Gasteiger partial charge in [0.1, 0.15) is 5.82 Å². The van der Waals surface area contributed by atoms with Crippen LogP contribution in [0.15, 0.2) is 53.2 Å². The van der Waals surface area contributed by atoms with Crippen molar-refractivity contribution in [3.05, 3.63) is 64.5 Å². The minimum Gasteiger partial charge on any atom is -0.395 e. The zero-order valence-electron chi connectivity index (χ0n) is 17.0. The number of aliphatic hydroxyl groups excluding tert-OH is 1. The summed E-state index contributed by atoms with van der Waals surface area (Å²) < 4.78 is 1.83. The highest BCUT2D eigenvalue weighted by molar-refractivity contribution is 7.07. The summed E-state index contributed by atoms with van der Waals surface area (Å²) in [6.45, 7) is 1.33. The summed E-state index contributed by atoms with van der Waals surface area (Å²) in [5.74, 6) is 1.07. The standard InChI is InChI=1S/C23H28N4O2S/c28-12-11-26(15-18-10-13-30-17-18)16-23(29)24-22-14-21(19-6-4-5-7-19)25-27(22)20-8-2-1-3-9-20/h1-3,8-10,13-14,17,19,28H,4-7,11-12,15-16H2,(H,24,29). The molecule has 2 heterocycles. The van der Waals surface area contributed by atoms with Crippen molar-refractivity contribution in [3.63, 3.8) is 0 Å². The van der Waals surface area contributed by atoms with Crippen LogP contribution in [-0.2, 0) is 11.3 Å². The van der Waals surface area contributed by atoms with E-state index in [0.29, 0.717) is 24.8 Å². The molecule has 1 aromatic carbocycles. The summed E-state index contributed by atoms with van der Waals surface area (Å²) in [4.78, 5) is 14.8. The number of aliphatic hydroxyl groups is 1. The Labute approximate surface area is 181 Å². The maximum Gasteiger partial charge on any atom is 0.239 e.